The van der Waals surface area contributed by atoms with E-state index < -0.39 is 317 Å². The molecule has 0 aromatic rings. The van der Waals surface area contributed by atoms with Gasteiger partial charge < -0.3 is 126 Å². The number of hydrogen-bond donors (Lipinski definition) is 21. The van der Waals surface area contributed by atoms with Crippen LogP contribution in [0.1, 0.15) is 149 Å². The minimum Gasteiger partial charge on any atom is -0.481 e. The Labute approximate surface area is 636 Å². The van der Waals surface area contributed by atoms with Crippen LogP contribution >= 0.6 is 0 Å². The van der Waals surface area contributed by atoms with Gasteiger partial charge in [-0.2, -0.15) is 0 Å². The van der Waals surface area contributed by atoms with Crippen molar-refractivity contribution in [3.8, 4) is 0 Å². The first-order valence-corrected chi connectivity index (χ1v) is 35.4. The number of likely N-dealkylation sites (tertiary alicyclic amines) is 3. The Kier molecular flexibility index (Phi) is 38.3. The predicted molar refractivity (Wildman–Crippen MR) is 371 cm³/mol. The summed E-state index contributed by atoms with van der Waals surface area (Å²) in [6.07, 6.45) is -9.57. The third-order valence-corrected chi connectivity index (χ3v) is 17.8. The molecule has 23 N–H and O–H groups in total. The number of primary amides is 1. The van der Waals surface area contributed by atoms with Gasteiger partial charge in [-0.05, 0) is 89.9 Å². The second-order valence-corrected chi connectivity index (χ2v) is 26.8. The Morgan fingerprint density at radius 2 is 0.714 bits per heavy atom. The first-order valence-electron chi connectivity index (χ1n) is 35.4. The molecule has 3 aliphatic rings. The number of aliphatic carboxylic acids is 8. The average Bonchev–Trinajstić information content (AvgIpc) is 1.64. The molecule has 112 heavy (non-hydrogen) atoms. The standard InChI is InChI=1S/C65H96N16O31/c1-29(2)52(78-44(84)28-69-56(102)37(25-50(95)96)76-54(100)31(66)10-17-45(85)86)61(107)73-32(11-16-42(67)82)55(101)68-27-43(83)71-34(13-19-47(89)90)62(108)81-24-6-9-41(81)64(110)80-23-5-8-40(80)60(106)74-35(14-20-48(91)92)63(109)79-22-4-7-39(79)59(105)72-33(12-18-46(87)88)57(103)77-38(26-51(97)98)58(104)70-30(3)53(99)75-36(65(111)112)15-21-49(93)94/h29-41,52H,4-28,66H2,1-3H3,(H2,67,82)(H,68,101)(H,69,102)(H,70,104)(H,71,83)(H,72,105)(H,73,107)(H,74,106)(H,75,99)(H,76,100)(H,77,103)(H,78,84)(H,85,86)(H,87,88)(H,89,90)(H,91,92)(H,93,94)(H,95,96)(H,97,98)(H,111,112)/t30-,31-,32-,33-,34-,35-,36-,37-,38-,39-,40-,41-,52-/m0/s1. The Morgan fingerprint density at radius 3 is 1.19 bits per heavy atom. The smallest absolute Gasteiger partial charge is 0.326 e. The van der Waals surface area contributed by atoms with Gasteiger partial charge >= 0.3 is 47.8 Å². The SMILES string of the molecule is CC(C)[C@H](NC(=O)CNC(=O)[C@H](CC(=O)O)NC(=O)[C@@H](N)CCC(=O)O)C(=O)N[C@@H](CCC(N)=O)C(=O)NCC(=O)N[C@@H](CCC(=O)O)C(=O)N1CCC[C@H]1C(=O)N1CCC[C@H]1C(=O)N[C@@H](CCC(=O)O)C(=O)N1CCC[C@H]1C(=O)N[C@@H](CCC(=O)O)C(=O)N[C@@H](CC(=O)O)C(=O)N[C@@H](C)C(=O)N[C@@H](CCC(=O)O)C(=O)O. The van der Waals surface area contributed by atoms with Crippen LogP contribution in [0.4, 0.5) is 0 Å². The second kappa shape index (κ2) is 45.7. The summed E-state index contributed by atoms with van der Waals surface area (Å²) in [5, 5.41) is 99.5. The van der Waals surface area contributed by atoms with Gasteiger partial charge in [0, 0.05) is 58.2 Å². The zero-order valence-electron chi connectivity index (χ0n) is 61.2. The van der Waals surface area contributed by atoms with Gasteiger partial charge in [-0.1, -0.05) is 13.8 Å². The Bertz CT molecular complexity index is 3580. The fourth-order valence-electron chi connectivity index (χ4n) is 11.9. The lowest BCUT2D eigenvalue weighted by Crippen LogP contribution is -2.60. The second-order valence-electron chi connectivity index (χ2n) is 26.8. The van der Waals surface area contributed by atoms with Gasteiger partial charge in [0.25, 0.3) is 0 Å². The van der Waals surface area contributed by atoms with Crippen molar-refractivity contribution in [2.24, 2.45) is 17.4 Å². The molecule has 47 nitrogen and oxygen atoms in total. The molecule has 0 aromatic heterocycles. The molecule has 0 spiro atoms. The Balaban J connectivity index is 1.78. The van der Waals surface area contributed by atoms with Crippen LogP contribution in [-0.2, 0) is 110 Å². The van der Waals surface area contributed by atoms with Crippen molar-refractivity contribution < 1.29 is 151 Å². The molecular weight excluding hydrogens is 1500 g/mol. The van der Waals surface area contributed by atoms with Crippen molar-refractivity contribution in [3.05, 3.63) is 0 Å². The van der Waals surface area contributed by atoms with Crippen LogP contribution in [0.25, 0.3) is 0 Å². The van der Waals surface area contributed by atoms with Crippen LogP contribution in [0, 0.1) is 5.92 Å². The molecule has 47 heteroatoms. The molecule has 0 aromatic carbocycles. The summed E-state index contributed by atoms with van der Waals surface area (Å²) in [6.45, 7) is 1.51. The Morgan fingerprint density at radius 1 is 0.357 bits per heavy atom. The lowest BCUT2D eigenvalue weighted by Gasteiger charge is -2.34. The normalized spacial score (nSPS) is 17.7. The van der Waals surface area contributed by atoms with E-state index in [-0.39, 0.29) is 64.6 Å². The van der Waals surface area contributed by atoms with Gasteiger partial charge in [-0.25, -0.2) is 4.79 Å². The molecule has 3 saturated heterocycles. The maximum Gasteiger partial charge on any atom is 0.326 e. The molecule has 3 rings (SSSR count). The van der Waals surface area contributed by atoms with E-state index in [1.807, 2.05) is 5.32 Å². The van der Waals surface area contributed by atoms with Gasteiger partial charge in [0.1, 0.15) is 72.5 Å². The monoisotopic (exact) mass is 1600 g/mol. The Hall–Kier alpha value is -12.2. The van der Waals surface area contributed by atoms with E-state index >= 15 is 0 Å². The maximum absolute atomic E-state index is 14.6. The van der Waals surface area contributed by atoms with E-state index in [0.29, 0.717) is 0 Å². The largest absolute Gasteiger partial charge is 0.481 e. The van der Waals surface area contributed by atoms with Gasteiger partial charge in [0.15, 0.2) is 0 Å². The number of carbonyl (C=O) groups excluding carboxylic acids is 15. The first kappa shape index (κ1) is 94.0. The third-order valence-electron chi connectivity index (χ3n) is 17.8. The highest BCUT2D eigenvalue weighted by Crippen LogP contribution is 2.28. The van der Waals surface area contributed by atoms with Gasteiger partial charge in [-0.15, -0.1) is 0 Å². The zero-order valence-corrected chi connectivity index (χ0v) is 61.2. The van der Waals surface area contributed by atoms with Crippen molar-refractivity contribution in [2.45, 2.75) is 228 Å². The van der Waals surface area contributed by atoms with Crippen molar-refractivity contribution in [1.82, 2.24) is 73.2 Å². The van der Waals surface area contributed by atoms with Gasteiger partial charge in [0.05, 0.1) is 32.0 Å². The summed E-state index contributed by atoms with van der Waals surface area (Å²) in [6, 6.07) is -21.6. The molecule has 0 bridgehead atoms. The number of nitrogens with zero attached hydrogens (tertiary/aromatic N) is 3. The predicted octanol–water partition coefficient (Wildman–Crippen LogP) is -8.82. The van der Waals surface area contributed by atoms with E-state index in [1.54, 1.807) is 0 Å². The number of carbonyl (C=O) groups is 23. The summed E-state index contributed by atoms with van der Waals surface area (Å²) in [4.78, 5) is 299. The molecule has 0 radical (unpaired) electrons. The molecular formula is C65H96N16O31. The van der Waals surface area contributed by atoms with Crippen molar-refractivity contribution in [3.63, 3.8) is 0 Å². The minimum absolute atomic E-state index is 0.0421. The van der Waals surface area contributed by atoms with Crippen LogP contribution in [0.5, 0.6) is 0 Å². The molecule has 13 atom stereocenters. The van der Waals surface area contributed by atoms with Gasteiger partial charge in [-0.3, -0.25) is 105 Å². The molecule has 622 valence electrons. The number of carboxylic acids is 8. The lowest BCUT2D eigenvalue weighted by atomic mass is 10.0. The number of amides is 15. The van der Waals surface area contributed by atoms with Crippen LogP contribution in [0.2, 0.25) is 0 Å². The number of hydrogen-bond acceptors (Lipinski definition) is 24. The third kappa shape index (κ3) is 31.8. The topological polar surface area (TPSA) is 749 Å². The molecule has 0 aliphatic carbocycles. The molecule has 3 heterocycles. The quantitative estimate of drug-likeness (QED) is 0.0269. The number of nitrogens with one attached hydrogen (secondary N) is 11. The van der Waals surface area contributed by atoms with E-state index in [1.165, 1.54) is 13.8 Å². The minimum atomic E-state index is -2.06. The first-order chi connectivity index (χ1) is 52.4. The average molecular weight is 1600 g/mol. The summed E-state index contributed by atoms with van der Waals surface area (Å²) in [5.41, 5.74) is 11.0. The number of nitrogens with two attached hydrogens (primary N) is 2. The zero-order chi connectivity index (χ0) is 84.5. The van der Waals surface area contributed by atoms with Gasteiger partial charge in [0.2, 0.25) is 88.6 Å². The van der Waals surface area contributed by atoms with E-state index in [2.05, 4.69) is 53.2 Å². The molecule has 3 aliphatic heterocycles. The lowest BCUT2D eigenvalue weighted by molar-refractivity contribution is -0.149. The fraction of sp³-hybridized carbons (Fsp3) is 0.646. The summed E-state index contributed by atoms with van der Waals surface area (Å²) in [5.74, 6) is -29.2. The van der Waals surface area contributed by atoms with Crippen molar-refractivity contribution in [2.75, 3.05) is 32.7 Å². The van der Waals surface area contributed by atoms with Crippen molar-refractivity contribution >= 4 is 136 Å². The number of rotatable bonds is 49. The summed E-state index contributed by atoms with van der Waals surface area (Å²) < 4.78 is 0. The molecule has 0 unspecified atom stereocenters. The van der Waals surface area contributed by atoms with E-state index in [4.69, 9.17) is 21.7 Å². The van der Waals surface area contributed by atoms with Crippen LogP contribution < -0.4 is 70.0 Å². The highest BCUT2D eigenvalue weighted by molar-refractivity contribution is 6.01. The van der Waals surface area contributed by atoms with Crippen molar-refractivity contribution in [1.29, 1.82) is 0 Å². The maximum atomic E-state index is 14.6. The molecule has 15 amide bonds. The summed E-state index contributed by atoms with van der Waals surface area (Å²) in [7, 11) is 0. The van der Waals surface area contributed by atoms with E-state index in [9.17, 15) is 141 Å². The molecule has 3 fully saturated rings. The summed E-state index contributed by atoms with van der Waals surface area (Å²) >= 11 is 0. The fourth-order valence-corrected chi connectivity index (χ4v) is 11.9. The van der Waals surface area contributed by atoms with Crippen LogP contribution in [-0.4, -0.2) is 303 Å². The molecule has 0 saturated carbocycles. The highest BCUT2D eigenvalue weighted by Gasteiger charge is 2.46. The van der Waals surface area contributed by atoms with E-state index in [0.717, 1.165) is 21.6 Å². The van der Waals surface area contributed by atoms with Crippen LogP contribution in [0.3, 0.4) is 0 Å². The number of carboxylic acid groups (broad SMARTS) is 8. The highest BCUT2D eigenvalue weighted by atomic mass is 16.4. The van der Waals surface area contributed by atoms with Crippen LogP contribution in [0.15, 0.2) is 0 Å².